The van der Waals surface area contributed by atoms with Crippen LogP contribution in [-0.4, -0.2) is 21.2 Å². The first-order valence-electron chi connectivity index (χ1n) is 8.51. The Hall–Kier alpha value is -3.45. The molecular formula is C20H14ClN3O4. The van der Waals surface area contributed by atoms with Crippen molar-refractivity contribution in [1.82, 2.24) is 15.2 Å². The van der Waals surface area contributed by atoms with Gasteiger partial charge in [0, 0.05) is 10.4 Å². The number of esters is 1. The highest BCUT2D eigenvalue weighted by Gasteiger charge is 2.17. The highest BCUT2D eigenvalue weighted by molar-refractivity contribution is 6.31. The van der Waals surface area contributed by atoms with Crippen molar-refractivity contribution in [2.24, 2.45) is 0 Å². The normalized spacial score (nSPS) is 11.0. The molecule has 0 saturated carbocycles. The molecule has 2 aromatic heterocycles. The van der Waals surface area contributed by atoms with Gasteiger partial charge in [0.2, 0.25) is 5.43 Å². The van der Waals surface area contributed by atoms with Crippen molar-refractivity contribution in [3.05, 3.63) is 79.7 Å². The molecule has 140 valence electrons. The second-order valence-corrected chi connectivity index (χ2v) is 6.65. The lowest BCUT2D eigenvalue weighted by Gasteiger charge is -2.07. The molecule has 0 bridgehead atoms. The number of aryl methyl sites for hydroxylation is 1. The average molecular weight is 396 g/mol. The summed E-state index contributed by atoms with van der Waals surface area (Å²) in [6.45, 7) is 0. The number of pyridine rings is 1. The predicted octanol–water partition coefficient (Wildman–Crippen LogP) is 2.96. The summed E-state index contributed by atoms with van der Waals surface area (Å²) in [5.41, 5.74) is 0.297. The predicted molar refractivity (Wildman–Crippen MR) is 106 cm³/mol. The molecule has 0 aliphatic rings. The van der Waals surface area contributed by atoms with Crippen LogP contribution < -0.4 is 15.7 Å². The summed E-state index contributed by atoms with van der Waals surface area (Å²) in [5, 5.41) is 6.65. The molecule has 7 nitrogen and oxygen atoms in total. The Morgan fingerprint density at radius 3 is 2.68 bits per heavy atom. The van der Waals surface area contributed by atoms with E-state index in [0.717, 1.165) is 5.56 Å². The van der Waals surface area contributed by atoms with E-state index in [4.69, 9.17) is 16.3 Å². The van der Waals surface area contributed by atoms with Crippen molar-refractivity contribution < 1.29 is 9.53 Å². The van der Waals surface area contributed by atoms with Crippen LogP contribution in [0.25, 0.3) is 21.8 Å². The van der Waals surface area contributed by atoms with Gasteiger partial charge in [-0.3, -0.25) is 14.4 Å². The van der Waals surface area contributed by atoms with Gasteiger partial charge < -0.3 is 9.72 Å². The largest absolute Gasteiger partial charge is 0.405 e. The van der Waals surface area contributed by atoms with Crippen molar-refractivity contribution in [2.75, 3.05) is 0 Å². The van der Waals surface area contributed by atoms with Crippen molar-refractivity contribution in [3.8, 4) is 5.88 Å². The van der Waals surface area contributed by atoms with Gasteiger partial charge in [-0.2, -0.15) is 0 Å². The fourth-order valence-electron chi connectivity index (χ4n) is 2.97. The van der Waals surface area contributed by atoms with Gasteiger partial charge in [0.1, 0.15) is 10.9 Å². The number of rotatable bonds is 4. The second-order valence-electron chi connectivity index (χ2n) is 6.21. The van der Waals surface area contributed by atoms with Gasteiger partial charge in [-0.15, -0.1) is 5.10 Å². The van der Waals surface area contributed by atoms with Crippen molar-refractivity contribution in [3.63, 3.8) is 0 Å². The van der Waals surface area contributed by atoms with Crippen LogP contribution in [0.5, 0.6) is 5.88 Å². The van der Waals surface area contributed by atoms with Crippen LogP contribution in [0.4, 0.5) is 0 Å². The monoisotopic (exact) mass is 395 g/mol. The first-order chi connectivity index (χ1) is 13.5. The van der Waals surface area contributed by atoms with Gasteiger partial charge in [-0.25, -0.2) is 5.10 Å². The highest BCUT2D eigenvalue weighted by atomic mass is 35.5. The van der Waals surface area contributed by atoms with E-state index in [-0.39, 0.29) is 23.2 Å². The summed E-state index contributed by atoms with van der Waals surface area (Å²) >= 11 is 5.96. The molecule has 2 heterocycles. The Morgan fingerprint density at radius 1 is 1.11 bits per heavy atom. The summed E-state index contributed by atoms with van der Waals surface area (Å²) in [5.74, 6) is -0.786. The van der Waals surface area contributed by atoms with Crippen LogP contribution >= 0.6 is 11.6 Å². The number of ether oxygens (including phenoxy) is 1. The second kappa shape index (κ2) is 7.28. The average Bonchev–Trinajstić information content (AvgIpc) is 2.69. The standard InChI is InChI=1S/C20H14ClN3O4/c21-12-7-8-13-14(10-12)22-17-16(18(13)26)20(24-23-19(17)27)28-15(25)9-6-11-4-2-1-3-5-11/h1-5,7-8,10H,6,9H2,(H,22,26)(H,23,27). The molecule has 0 aliphatic heterocycles. The SMILES string of the molecule is O=C(CCc1ccccc1)Oc1n[nH]c(=O)c2[nH]c3cc(Cl)ccc3c(=O)c12. The summed E-state index contributed by atoms with van der Waals surface area (Å²) in [4.78, 5) is 40.2. The Balaban J connectivity index is 1.72. The zero-order chi connectivity index (χ0) is 19.7. The lowest BCUT2D eigenvalue weighted by atomic mass is 10.1. The lowest BCUT2D eigenvalue weighted by molar-refractivity contribution is -0.134. The first-order valence-corrected chi connectivity index (χ1v) is 8.89. The minimum absolute atomic E-state index is 0.0272. The molecule has 0 fully saturated rings. The van der Waals surface area contributed by atoms with Gasteiger partial charge >= 0.3 is 5.97 Å². The van der Waals surface area contributed by atoms with Crippen molar-refractivity contribution in [2.45, 2.75) is 12.8 Å². The van der Waals surface area contributed by atoms with E-state index < -0.39 is 17.0 Å². The number of fused-ring (bicyclic) bond motifs is 2. The number of benzene rings is 2. The molecular weight excluding hydrogens is 382 g/mol. The molecule has 4 aromatic rings. The van der Waals surface area contributed by atoms with Crippen molar-refractivity contribution in [1.29, 1.82) is 0 Å². The third-order valence-corrected chi connectivity index (χ3v) is 4.57. The van der Waals surface area contributed by atoms with E-state index in [1.165, 1.54) is 6.07 Å². The van der Waals surface area contributed by atoms with Crippen LogP contribution in [0.1, 0.15) is 12.0 Å². The van der Waals surface area contributed by atoms with Crippen LogP contribution in [0.2, 0.25) is 5.02 Å². The first kappa shape index (κ1) is 17.9. The number of aromatic nitrogens is 3. The summed E-state index contributed by atoms with van der Waals surface area (Å²) < 4.78 is 5.29. The minimum Gasteiger partial charge on any atom is -0.405 e. The summed E-state index contributed by atoms with van der Waals surface area (Å²) in [6, 6.07) is 14.1. The van der Waals surface area contributed by atoms with E-state index in [0.29, 0.717) is 22.3 Å². The Bertz CT molecular complexity index is 1310. The van der Waals surface area contributed by atoms with Gasteiger partial charge in [-0.05, 0) is 30.2 Å². The van der Waals surface area contributed by atoms with Gasteiger partial charge in [0.05, 0.1) is 11.9 Å². The Labute approximate surface area is 162 Å². The van der Waals surface area contributed by atoms with Crippen LogP contribution in [0.3, 0.4) is 0 Å². The minimum atomic E-state index is -0.599. The molecule has 0 atom stereocenters. The maximum Gasteiger partial charge on any atom is 0.312 e. The van der Waals surface area contributed by atoms with Crippen LogP contribution in [-0.2, 0) is 11.2 Å². The number of H-pyrrole nitrogens is 2. The third-order valence-electron chi connectivity index (χ3n) is 4.33. The molecule has 28 heavy (non-hydrogen) atoms. The molecule has 2 N–H and O–H groups in total. The fourth-order valence-corrected chi connectivity index (χ4v) is 3.15. The van der Waals surface area contributed by atoms with E-state index in [1.54, 1.807) is 12.1 Å². The molecule has 0 radical (unpaired) electrons. The molecule has 0 spiro atoms. The van der Waals surface area contributed by atoms with E-state index >= 15 is 0 Å². The lowest BCUT2D eigenvalue weighted by Crippen LogP contribution is -2.20. The number of carbonyl (C=O) groups is 1. The summed E-state index contributed by atoms with van der Waals surface area (Å²) in [7, 11) is 0. The topological polar surface area (TPSA) is 105 Å². The number of hydrogen-bond donors (Lipinski definition) is 2. The number of nitrogens with zero attached hydrogens (tertiary/aromatic N) is 1. The summed E-state index contributed by atoms with van der Waals surface area (Å²) in [6.07, 6.45) is 0.589. The van der Waals surface area contributed by atoms with Crippen LogP contribution in [0.15, 0.2) is 58.1 Å². The maximum atomic E-state index is 12.9. The quantitative estimate of drug-likeness (QED) is 0.408. The van der Waals surface area contributed by atoms with Gasteiger partial charge in [-0.1, -0.05) is 41.9 Å². The molecule has 0 amide bonds. The van der Waals surface area contributed by atoms with Gasteiger partial charge in [0.15, 0.2) is 0 Å². The Kier molecular flexibility index (Phi) is 4.67. The zero-order valence-electron chi connectivity index (χ0n) is 14.5. The molecule has 8 heteroatoms. The van der Waals surface area contributed by atoms with Crippen molar-refractivity contribution >= 4 is 39.4 Å². The molecule has 0 saturated heterocycles. The molecule has 4 rings (SSSR count). The van der Waals surface area contributed by atoms with Gasteiger partial charge in [0.25, 0.3) is 11.4 Å². The zero-order valence-corrected chi connectivity index (χ0v) is 15.2. The fraction of sp³-hybridized carbons (Fsp3) is 0.100. The number of aromatic amines is 2. The van der Waals surface area contributed by atoms with Crippen LogP contribution in [0, 0.1) is 0 Å². The van der Waals surface area contributed by atoms with E-state index in [9.17, 15) is 14.4 Å². The Morgan fingerprint density at radius 2 is 1.89 bits per heavy atom. The maximum absolute atomic E-state index is 12.9. The highest BCUT2D eigenvalue weighted by Crippen LogP contribution is 2.21. The molecule has 2 aromatic carbocycles. The number of hydrogen-bond acceptors (Lipinski definition) is 5. The number of nitrogens with one attached hydrogen (secondary N) is 2. The van der Waals surface area contributed by atoms with E-state index in [1.807, 2.05) is 30.3 Å². The number of halogens is 1. The number of carbonyl (C=O) groups excluding carboxylic acids is 1. The smallest absolute Gasteiger partial charge is 0.312 e. The third kappa shape index (κ3) is 3.39. The molecule has 0 aliphatic carbocycles. The molecule has 0 unspecified atom stereocenters. The van der Waals surface area contributed by atoms with E-state index in [2.05, 4.69) is 15.2 Å².